The average molecular weight is 553 g/mol. The number of hydrogen-bond donors (Lipinski definition) is 1. The van der Waals surface area contributed by atoms with Crippen LogP contribution in [0.15, 0.2) is 70.4 Å². The molecule has 11 nitrogen and oxygen atoms in total. The first kappa shape index (κ1) is 26.4. The van der Waals surface area contributed by atoms with Crippen LogP contribution in [0.1, 0.15) is 40.8 Å². The van der Waals surface area contributed by atoms with Gasteiger partial charge in [0.15, 0.2) is 15.5 Å². The SMILES string of the molecule is O=C1c2c(O)c(=O)nc(C3CCCN3C(=O)OCc3ccccc3)n2CCN1CCS(=O)(=O)c1ccccc1. The van der Waals surface area contributed by atoms with E-state index in [9.17, 15) is 27.9 Å². The van der Waals surface area contributed by atoms with E-state index in [1.165, 1.54) is 26.5 Å². The van der Waals surface area contributed by atoms with Gasteiger partial charge < -0.3 is 19.3 Å². The standard InChI is InChI=1S/C27H28N4O7S/c32-23-22-26(34)29(16-17-39(36,37)20-10-5-2-6-11-20)14-15-31(22)24(28-25(23)33)21-12-7-13-30(21)27(35)38-18-19-8-3-1-4-9-19/h1-6,8-11,21,32H,7,12-18H2. The van der Waals surface area contributed by atoms with Gasteiger partial charge in [0.05, 0.1) is 16.7 Å². The van der Waals surface area contributed by atoms with E-state index >= 15 is 0 Å². The monoisotopic (exact) mass is 552 g/mol. The van der Waals surface area contributed by atoms with E-state index < -0.39 is 39.2 Å². The number of rotatable bonds is 7. The number of carbonyl (C=O) groups excluding carboxylic acids is 2. The summed E-state index contributed by atoms with van der Waals surface area (Å²) in [6, 6.07) is 16.6. The summed E-state index contributed by atoms with van der Waals surface area (Å²) in [7, 11) is -3.64. The van der Waals surface area contributed by atoms with Crippen LogP contribution in [0.2, 0.25) is 0 Å². The zero-order valence-electron chi connectivity index (χ0n) is 21.1. The van der Waals surface area contributed by atoms with Crippen molar-refractivity contribution in [3.63, 3.8) is 0 Å². The first-order chi connectivity index (χ1) is 18.8. The maximum atomic E-state index is 13.4. The Bertz CT molecular complexity index is 1540. The number of nitrogens with zero attached hydrogens (tertiary/aromatic N) is 4. The van der Waals surface area contributed by atoms with E-state index in [0.717, 1.165) is 5.56 Å². The number of ether oxygens (including phenoxy) is 1. The molecule has 3 aromatic rings. The summed E-state index contributed by atoms with van der Waals surface area (Å²) in [5.74, 6) is -1.57. The van der Waals surface area contributed by atoms with Crippen molar-refractivity contribution in [1.82, 2.24) is 19.4 Å². The summed E-state index contributed by atoms with van der Waals surface area (Å²) in [4.78, 5) is 45.9. The van der Waals surface area contributed by atoms with Crippen molar-refractivity contribution in [2.45, 2.75) is 36.9 Å². The minimum atomic E-state index is -3.64. The normalized spacial score (nSPS) is 17.2. The third-order valence-corrected chi connectivity index (χ3v) is 8.71. The maximum Gasteiger partial charge on any atom is 0.410 e. The zero-order valence-corrected chi connectivity index (χ0v) is 21.9. The van der Waals surface area contributed by atoms with Crippen LogP contribution in [0.4, 0.5) is 4.79 Å². The third kappa shape index (κ3) is 5.37. The lowest BCUT2D eigenvalue weighted by molar-refractivity contribution is 0.0697. The van der Waals surface area contributed by atoms with Gasteiger partial charge in [-0.2, -0.15) is 4.98 Å². The molecule has 5 rings (SSSR count). The highest BCUT2D eigenvalue weighted by molar-refractivity contribution is 7.91. The van der Waals surface area contributed by atoms with Gasteiger partial charge in [-0.3, -0.25) is 14.5 Å². The molecule has 12 heteroatoms. The quantitative estimate of drug-likeness (QED) is 0.471. The number of carbonyl (C=O) groups is 2. The Hall–Kier alpha value is -4.19. The van der Waals surface area contributed by atoms with Gasteiger partial charge in [-0.1, -0.05) is 48.5 Å². The first-order valence-corrected chi connectivity index (χ1v) is 14.3. The van der Waals surface area contributed by atoms with Gasteiger partial charge in [0, 0.05) is 26.2 Å². The molecule has 0 radical (unpaired) electrons. The van der Waals surface area contributed by atoms with Crippen LogP contribution < -0.4 is 5.56 Å². The molecule has 0 saturated carbocycles. The summed E-state index contributed by atoms with van der Waals surface area (Å²) in [5, 5.41) is 10.5. The molecule has 1 aromatic heterocycles. The fourth-order valence-electron chi connectivity index (χ4n) is 4.98. The first-order valence-electron chi connectivity index (χ1n) is 12.6. The van der Waals surface area contributed by atoms with E-state index in [-0.39, 0.29) is 48.4 Å². The van der Waals surface area contributed by atoms with Gasteiger partial charge in [-0.15, -0.1) is 0 Å². The Morgan fingerprint density at radius 3 is 2.41 bits per heavy atom. The van der Waals surface area contributed by atoms with Crippen molar-refractivity contribution < 1.29 is 27.9 Å². The van der Waals surface area contributed by atoms with Gasteiger partial charge in [-0.05, 0) is 30.5 Å². The summed E-state index contributed by atoms with van der Waals surface area (Å²) in [6.45, 7) is 0.693. The fourth-order valence-corrected chi connectivity index (χ4v) is 6.24. The van der Waals surface area contributed by atoms with Crippen LogP contribution in [0.5, 0.6) is 5.75 Å². The molecule has 1 N–H and O–H groups in total. The highest BCUT2D eigenvalue weighted by Gasteiger charge is 2.38. The van der Waals surface area contributed by atoms with Gasteiger partial charge in [0.25, 0.3) is 5.91 Å². The topological polar surface area (TPSA) is 139 Å². The smallest absolute Gasteiger partial charge is 0.410 e. The van der Waals surface area contributed by atoms with Crippen LogP contribution in [0, 0.1) is 0 Å². The molecule has 39 heavy (non-hydrogen) atoms. The molecule has 1 fully saturated rings. The molecular formula is C27H28N4O7S. The number of amides is 2. The van der Waals surface area contributed by atoms with E-state index in [4.69, 9.17) is 4.74 Å². The lowest BCUT2D eigenvalue weighted by Crippen LogP contribution is -2.46. The minimum Gasteiger partial charge on any atom is -0.501 e. The lowest BCUT2D eigenvalue weighted by Gasteiger charge is -2.33. The second-order valence-corrected chi connectivity index (χ2v) is 11.5. The summed E-state index contributed by atoms with van der Waals surface area (Å²) in [6.07, 6.45) is 0.590. The highest BCUT2D eigenvalue weighted by atomic mass is 32.2. The van der Waals surface area contributed by atoms with E-state index in [1.807, 2.05) is 30.3 Å². The van der Waals surface area contributed by atoms with Crippen molar-refractivity contribution in [2.75, 3.05) is 25.4 Å². The van der Waals surface area contributed by atoms with Gasteiger partial charge in [0.2, 0.25) is 5.75 Å². The summed E-state index contributed by atoms with van der Waals surface area (Å²) >= 11 is 0. The van der Waals surface area contributed by atoms with Crippen molar-refractivity contribution in [2.24, 2.45) is 0 Å². The Morgan fingerprint density at radius 2 is 1.69 bits per heavy atom. The summed E-state index contributed by atoms with van der Waals surface area (Å²) < 4.78 is 32.4. The van der Waals surface area contributed by atoms with Crippen molar-refractivity contribution in [1.29, 1.82) is 0 Å². The van der Waals surface area contributed by atoms with Gasteiger partial charge in [0.1, 0.15) is 12.4 Å². The molecule has 0 spiro atoms. The molecule has 2 aromatic carbocycles. The molecule has 2 aliphatic heterocycles. The number of fused-ring (bicyclic) bond motifs is 1. The van der Waals surface area contributed by atoms with E-state index in [1.54, 1.807) is 18.2 Å². The largest absolute Gasteiger partial charge is 0.501 e. The molecule has 1 atom stereocenters. The Morgan fingerprint density at radius 1 is 1.00 bits per heavy atom. The van der Waals surface area contributed by atoms with Gasteiger partial charge >= 0.3 is 11.7 Å². The molecule has 204 valence electrons. The average Bonchev–Trinajstić information content (AvgIpc) is 3.44. The molecule has 0 aliphatic carbocycles. The minimum absolute atomic E-state index is 0.0866. The molecule has 3 heterocycles. The number of aromatic nitrogens is 2. The Kier molecular flexibility index (Phi) is 7.38. The van der Waals surface area contributed by atoms with Crippen LogP contribution in [-0.4, -0.2) is 70.3 Å². The number of benzene rings is 2. The van der Waals surface area contributed by atoms with Crippen molar-refractivity contribution in [3.8, 4) is 5.75 Å². The van der Waals surface area contributed by atoms with Crippen molar-refractivity contribution >= 4 is 21.8 Å². The third-order valence-electron chi connectivity index (χ3n) is 7.00. The van der Waals surface area contributed by atoms with Crippen LogP contribution in [-0.2, 0) is 27.7 Å². The second-order valence-electron chi connectivity index (χ2n) is 9.44. The predicted molar refractivity (Wildman–Crippen MR) is 140 cm³/mol. The highest BCUT2D eigenvalue weighted by Crippen LogP contribution is 2.33. The van der Waals surface area contributed by atoms with Gasteiger partial charge in [-0.25, -0.2) is 13.2 Å². The van der Waals surface area contributed by atoms with Crippen LogP contribution in [0.3, 0.4) is 0 Å². The molecule has 2 amide bonds. The summed E-state index contributed by atoms with van der Waals surface area (Å²) in [5.41, 5.74) is -0.399. The second kappa shape index (κ2) is 10.9. The predicted octanol–water partition coefficient (Wildman–Crippen LogP) is 2.35. The van der Waals surface area contributed by atoms with E-state index in [2.05, 4.69) is 4.98 Å². The van der Waals surface area contributed by atoms with E-state index in [0.29, 0.717) is 19.4 Å². The Balaban J connectivity index is 1.36. The maximum absolute atomic E-state index is 13.4. The van der Waals surface area contributed by atoms with Crippen molar-refractivity contribution in [3.05, 3.63) is 88.1 Å². The lowest BCUT2D eigenvalue weighted by atomic mass is 10.1. The number of sulfone groups is 1. The van der Waals surface area contributed by atoms with Crippen LogP contribution >= 0.6 is 0 Å². The number of hydrogen-bond acceptors (Lipinski definition) is 8. The molecule has 2 aliphatic rings. The molecular weight excluding hydrogens is 524 g/mol. The Labute approximate surface area is 225 Å². The van der Waals surface area contributed by atoms with Crippen LogP contribution in [0.25, 0.3) is 0 Å². The number of likely N-dealkylation sites (tertiary alicyclic amines) is 1. The molecule has 1 unspecified atom stereocenters. The zero-order chi connectivity index (χ0) is 27.6. The number of aromatic hydroxyl groups is 1. The molecule has 1 saturated heterocycles. The fraction of sp³-hybridized carbons (Fsp3) is 0.333. The molecule has 0 bridgehead atoms.